The summed E-state index contributed by atoms with van der Waals surface area (Å²) in [6.07, 6.45) is -0.126. The van der Waals surface area contributed by atoms with Crippen LogP contribution in [0.2, 0.25) is 0 Å². The number of Topliss-reactive ketones (excluding diaryl/α,β-unsaturated/α-hetero) is 4. The van der Waals surface area contributed by atoms with Crippen molar-refractivity contribution in [3.8, 4) is 0 Å². The largest absolute Gasteiger partial charge is 0.353 e. The van der Waals surface area contributed by atoms with Crippen LogP contribution < -0.4 is 0 Å². The number of aliphatic hydroxyl groups is 1. The number of benzene rings is 2. The molecule has 0 heterocycles. The standard InChI is InChI=1S/C20H14O6/c1-2-19(15(21)11-7-3-4-8-12(11)16(19)22)26-20(25)17(23)13-9-5-6-10-14(13)18(20)24/h3-10,25H,2H2,1H3. The van der Waals surface area contributed by atoms with Crippen molar-refractivity contribution in [2.45, 2.75) is 24.7 Å². The van der Waals surface area contributed by atoms with Crippen LogP contribution in [-0.2, 0) is 4.74 Å². The maximum atomic E-state index is 12.9. The molecule has 0 atom stereocenters. The molecule has 0 radical (unpaired) electrons. The summed E-state index contributed by atoms with van der Waals surface area (Å²) >= 11 is 0. The lowest BCUT2D eigenvalue weighted by Gasteiger charge is -2.31. The topological polar surface area (TPSA) is 97.7 Å². The van der Waals surface area contributed by atoms with Crippen LogP contribution in [0.4, 0.5) is 0 Å². The molecule has 4 rings (SSSR count). The maximum Gasteiger partial charge on any atom is 0.298 e. The highest BCUT2D eigenvalue weighted by Crippen LogP contribution is 2.41. The molecular formula is C20H14O6. The molecule has 0 aliphatic heterocycles. The number of hydrogen-bond donors (Lipinski definition) is 1. The molecule has 0 spiro atoms. The van der Waals surface area contributed by atoms with E-state index in [1.165, 1.54) is 31.2 Å². The summed E-state index contributed by atoms with van der Waals surface area (Å²) in [4.78, 5) is 51.1. The highest BCUT2D eigenvalue weighted by molar-refractivity contribution is 6.34. The minimum atomic E-state index is -2.90. The van der Waals surface area contributed by atoms with Crippen LogP contribution in [0.15, 0.2) is 48.5 Å². The lowest BCUT2D eigenvalue weighted by Crippen LogP contribution is -2.56. The van der Waals surface area contributed by atoms with Crippen LogP contribution in [0.3, 0.4) is 0 Å². The zero-order valence-corrected chi connectivity index (χ0v) is 13.8. The Morgan fingerprint density at radius 3 is 1.42 bits per heavy atom. The van der Waals surface area contributed by atoms with Crippen molar-refractivity contribution in [3.63, 3.8) is 0 Å². The van der Waals surface area contributed by atoms with Gasteiger partial charge in [-0.3, -0.25) is 19.2 Å². The smallest absolute Gasteiger partial charge is 0.298 e. The molecule has 6 nitrogen and oxygen atoms in total. The van der Waals surface area contributed by atoms with Gasteiger partial charge in [-0.25, -0.2) is 0 Å². The van der Waals surface area contributed by atoms with Crippen molar-refractivity contribution in [2.75, 3.05) is 0 Å². The Morgan fingerprint density at radius 1 is 0.731 bits per heavy atom. The molecule has 0 aromatic heterocycles. The first-order valence-electron chi connectivity index (χ1n) is 8.16. The van der Waals surface area contributed by atoms with Crippen LogP contribution in [0.25, 0.3) is 0 Å². The van der Waals surface area contributed by atoms with E-state index in [1.54, 1.807) is 24.3 Å². The zero-order chi connectivity index (χ0) is 18.7. The first-order valence-corrected chi connectivity index (χ1v) is 8.16. The fourth-order valence-electron chi connectivity index (χ4n) is 3.60. The quantitative estimate of drug-likeness (QED) is 0.672. The van der Waals surface area contributed by atoms with Gasteiger partial charge in [-0.15, -0.1) is 0 Å². The van der Waals surface area contributed by atoms with E-state index >= 15 is 0 Å². The van der Waals surface area contributed by atoms with Gasteiger partial charge in [0.25, 0.3) is 5.79 Å². The highest BCUT2D eigenvalue weighted by Gasteiger charge is 2.63. The van der Waals surface area contributed by atoms with Crippen LogP contribution >= 0.6 is 0 Å². The van der Waals surface area contributed by atoms with Crippen molar-refractivity contribution >= 4 is 23.1 Å². The van der Waals surface area contributed by atoms with Gasteiger partial charge in [-0.05, 0) is 6.42 Å². The summed E-state index contributed by atoms with van der Waals surface area (Å²) in [6, 6.07) is 12.0. The number of hydrogen-bond acceptors (Lipinski definition) is 6. The van der Waals surface area contributed by atoms with E-state index in [-0.39, 0.29) is 28.7 Å². The fraction of sp³-hybridized carbons (Fsp3) is 0.200. The van der Waals surface area contributed by atoms with Crippen LogP contribution in [0, 0.1) is 0 Å². The van der Waals surface area contributed by atoms with Crippen LogP contribution in [0.1, 0.15) is 54.8 Å². The van der Waals surface area contributed by atoms with Crippen molar-refractivity contribution in [1.82, 2.24) is 0 Å². The van der Waals surface area contributed by atoms with Gasteiger partial charge in [0.1, 0.15) is 0 Å². The number of ether oxygens (including phenoxy) is 1. The van der Waals surface area contributed by atoms with Gasteiger partial charge in [0, 0.05) is 22.3 Å². The third kappa shape index (κ3) is 1.83. The Kier molecular flexibility index (Phi) is 3.34. The third-order valence-electron chi connectivity index (χ3n) is 5.00. The minimum absolute atomic E-state index is 0.00154. The molecule has 1 N–H and O–H groups in total. The molecule has 2 aromatic carbocycles. The Labute approximate surface area is 148 Å². The van der Waals surface area contributed by atoms with Gasteiger partial charge in [0.05, 0.1) is 0 Å². The van der Waals surface area contributed by atoms with Crippen LogP contribution in [-0.4, -0.2) is 39.6 Å². The van der Waals surface area contributed by atoms with Gasteiger partial charge < -0.3 is 9.84 Å². The molecule has 0 fully saturated rings. The van der Waals surface area contributed by atoms with Crippen molar-refractivity contribution < 1.29 is 29.0 Å². The second-order valence-electron chi connectivity index (χ2n) is 6.33. The number of ketones is 4. The molecule has 26 heavy (non-hydrogen) atoms. The van der Waals surface area contributed by atoms with E-state index in [9.17, 15) is 24.3 Å². The van der Waals surface area contributed by atoms with Crippen molar-refractivity contribution in [3.05, 3.63) is 70.8 Å². The molecule has 0 bridgehead atoms. The highest BCUT2D eigenvalue weighted by atomic mass is 16.7. The molecule has 130 valence electrons. The average molecular weight is 350 g/mol. The molecule has 2 aromatic rings. The molecule has 0 unspecified atom stereocenters. The summed E-state index contributed by atoms with van der Waals surface area (Å²) in [5.74, 6) is -6.16. The van der Waals surface area contributed by atoms with Gasteiger partial charge in [0.15, 0.2) is 5.60 Å². The first-order chi connectivity index (χ1) is 12.4. The van der Waals surface area contributed by atoms with Crippen molar-refractivity contribution in [2.24, 2.45) is 0 Å². The first kappa shape index (κ1) is 16.5. The van der Waals surface area contributed by atoms with E-state index in [0.717, 1.165) is 0 Å². The van der Waals surface area contributed by atoms with E-state index in [1.807, 2.05) is 0 Å². The van der Waals surface area contributed by atoms with E-state index < -0.39 is 34.5 Å². The molecular weight excluding hydrogens is 336 g/mol. The molecule has 0 saturated heterocycles. The number of carbonyl (C=O) groups excluding carboxylic acids is 4. The molecule has 0 amide bonds. The predicted octanol–water partition coefficient (Wildman–Crippen LogP) is 2.00. The van der Waals surface area contributed by atoms with Gasteiger partial charge in [-0.2, -0.15) is 0 Å². The SMILES string of the molecule is CCC1(OC2(O)C(=O)c3ccccc3C2=O)C(=O)c2ccccc2C1=O. The van der Waals surface area contributed by atoms with Gasteiger partial charge in [-0.1, -0.05) is 55.5 Å². The maximum absolute atomic E-state index is 12.9. The Bertz CT molecular complexity index is 933. The third-order valence-corrected chi connectivity index (χ3v) is 5.00. The molecule has 0 saturated carbocycles. The number of fused-ring (bicyclic) bond motifs is 2. The second-order valence-corrected chi connectivity index (χ2v) is 6.33. The second kappa shape index (κ2) is 5.27. The molecule has 6 heteroatoms. The summed E-state index contributed by atoms with van der Waals surface area (Å²) in [5.41, 5.74) is -1.80. The van der Waals surface area contributed by atoms with Gasteiger partial charge >= 0.3 is 0 Å². The number of carbonyl (C=O) groups is 4. The Hall–Kier alpha value is -2.96. The summed E-state index contributed by atoms with van der Waals surface area (Å²) < 4.78 is 5.47. The zero-order valence-electron chi connectivity index (χ0n) is 13.8. The van der Waals surface area contributed by atoms with E-state index in [2.05, 4.69) is 0 Å². The average Bonchev–Trinajstić information content (AvgIpc) is 2.99. The van der Waals surface area contributed by atoms with Gasteiger partial charge in [0.2, 0.25) is 23.1 Å². The summed E-state index contributed by atoms with van der Waals surface area (Å²) in [6.45, 7) is 1.53. The number of rotatable bonds is 3. The molecule has 2 aliphatic carbocycles. The normalized spacial score (nSPS) is 19.6. The Balaban J connectivity index is 1.82. The molecule has 2 aliphatic rings. The van der Waals surface area contributed by atoms with Crippen LogP contribution in [0.5, 0.6) is 0 Å². The summed E-state index contributed by atoms with van der Waals surface area (Å²) in [7, 11) is 0. The predicted molar refractivity (Wildman–Crippen MR) is 89.3 cm³/mol. The lowest BCUT2D eigenvalue weighted by molar-refractivity contribution is -0.171. The van der Waals surface area contributed by atoms with E-state index in [0.29, 0.717) is 0 Å². The monoisotopic (exact) mass is 350 g/mol. The fourth-order valence-corrected chi connectivity index (χ4v) is 3.60. The van der Waals surface area contributed by atoms with E-state index in [4.69, 9.17) is 4.74 Å². The minimum Gasteiger partial charge on any atom is -0.353 e. The Morgan fingerprint density at radius 2 is 1.08 bits per heavy atom. The van der Waals surface area contributed by atoms with Crippen molar-refractivity contribution in [1.29, 1.82) is 0 Å². The summed E-state index contributed by atoms with van der Waals surface area (Å²) in [5, 5.41) is 10.8. The lowest BCUT2D eigenvalue weighted by atomic mass is 9.93.